The number of carbonyl (C=O) groups is 23. The Labute approximate surface area is 691 Å². The van der Waals surface area contributed by atoms with Crippen molar-refractivity contribution in [2.75, 3.05) is 38.3 Å². The number of carboxylic acid groups (broad SMARTS) is 8. The summed E-state index contributed by atoms with van der Waals surface area (Å²) in [4.78, 5) is 300. The van der Waals surface area contributed by atoms with E-state index in [2.05, 4.69) is 37.2 Å². The molecule has 1 aliphatic heterocycles. The number of rotatable bonds is 68. The van der Waals surface area contributed by atoms with Gasteiger partial charge in [-0.1, -0.05) is 27.7 Å². The third-order valence-electron chi connectivity index (χ3n) is 19.6. The fourth-order valence-corrected chi connectivity index (χ4v) is 13.4. The van der Waals surface area contributed by atoms with E-state index in [9.17, 15) is 146 Å². The van der Waals surface area contributed by atoms with Crippen molar-refractivity contribution in [3.05, 3.63) is 0 Å². The van der Waals surface area contributed by atoms with Gasteiger partial charge in [0.25, 0.3) is 0 Å². The van der Waals surface area contributed by atoms with Gasteiger partial charge in [-0.15, -0.1) is 0 Å². The fourth-order valence-electron chi connectivity index (χ4n) is 12.8. The highest BCUT2D eigenvalue weighted by atomic mass is 32.2. The zero-order valence-corrected chi connectivity index (χ0v) is 68.7. The van der Waals surface area contributed by atoms with Crippen molar-refractivity contribution in [1.29, 1.82) is 0 Å². The predicted octanol–water partition coefficient (Wildman–Crippen LogP) is 0.699. The number of nitrogens with one attached hydrogen (secondary N) is 7. The van der Waals surface area contributed by atoms with Gasteiger partial charge in [0.2, 0.25) is 47.3 Å². The Morgan fingerprint density at radius 2 is 0.782 bits per heavy atom. The number of nitrogens with two attached hydrogens (primary N) is 1. The number of carbonyl (C=O) groups excluding carboxylic acids is 15. The van der Waals surface area contributed by atoms with Crippen molar-refractivity contribution < 1.29 is 156 Å². The third-order valence-corrected chi connectivity index (χ3v) is 20.2. The van der Waals surface area contributed by atoms with E-state index in [4.69, 9.17) is 15.6 Å². The normalized spacial score (nSPS) is 15.5. The molecule has 13 atom stereocenters. The Kier molecular flexibility index (Phi) is 50.8. The van der Waals surface area contributed by atoms with Gasteiger partial charge in [-0.2, -0.15) is 11.8 Å². The topological polar surface area (TPSA) is 677 Å². The second-order valence-corrected chi connectivity index (χ2v) is 30.7. The number of thioether (sulfide) groups is 1. The maximum absolute atomic E-state index is 14.3. The van der Waals surface area contributed by atoms with Crippen LogP contribution in [0, 0.1) is 35.5 Å². The minimum absolute atomic E-state index is 0.114. The van der Waals surface area contributed by atoms with Crippen LogP contribution in [0.4, 0.5) is 0 Å². The molecule has 119 heavy (non-hydrogen) atoms. The standard InChI is InChI=1S/C77H117N9O32S/c1-7-43(35-59(91)49(18-28-69(106)107)83-76(116)46(15-25-66(100)101)38-61(93)51(20-30-71(110)111)84-74(114)44(13-23-64(96)97)36-57(89)47(78)16-26-67(102)103)73(113)82-50(19-29-70(108)109)60(92)37-45(14-24-65(98)99)75(115)81-48(17-27-68(104)105)55(87)12-10-32-118-39-63(95)86-31-9-11-54(86)77(117)85-52(33-41(3)4)56(88)21-22-62(94)80-53(40-119-6)58(90)34-42(5)72(112)79-8-2/h41-54H,7-40,78H2,1-6H3,(H,79,112)(H,80,94)(H,81,115)(H,82,113)(H,83,116)(H,84,114)(H,85,117)(H,96,97)(H,98,99)(H,100,101)(H,102,103)(H,104,105)(H,106,107)(H,108,109)(H,110,111)/t42-,43+,44+,45+,46+,47-,48-,49-,50-,51-,52+,53+,54+/m1/s1. The molecule has 1 fully saturated rings. The van der Waals surface area contributed by atoms with Crippen LogP contribution in [0.15, 0.2) is 0 Å². The molecule has 0 aromatic heterocycles. The lowest BCUT2D eigenvalue weighted by Gasteiger charge is -2.27. The maximum atomic E-state index is 14.3. The second kappa shape index (κ2) is 56.8. The zero-order valence-electron chi connectivity index (χ0n) is 67.9. The Hall–Kier alpha value is -10.5. The van der Waals surface area contributed by atoms with Gasteiger partial charge in [0.15, 0.2) is 34.7 Å². The molecule has 0 aromatic rings. The highest BCUT2D eigenvalue weighted by molar-refractivity contribution is 7.98. The van der Waals surface area contributed by atoms with Crippen LogP contribution in [-0.4, -0.2) is 268 Å². The van der Waals surface area contributed by atoms with Gasteiger partial charge in [0.05, 0.1) is 42.3 Å². The molecule has 0 aliphatic carbocycles. The summed E-state index contributed by atoms with van der Waals surface area (Å²) in [7, 11) is 0. The summed E-state index contributed by atoms with van der Waals surface area (Å²) in [5, 5.41) is 93.5. The Bertz CT molecular complexity index is 3590. The molecule has 8 amide bonds. The monoisotopic (exact) mass is 1710 g/mol. The number of hydrogen-bond acceptors (Lipinski definition) is 26. The van der Waals surface area contributed by atoms with E-state index in [0.717, 1.165) is 0 Å². The third kappa shape index (κ3) is 44.2. The number of hydrogen-bond donors (Lipinski definition) is 16. The van der Waals surface area contributed by atoms with Crippen LogP contribution < -0.4 is 43.0 Å². The maximum Gasteiger partial charge on any atom is 0.303 e. The van der Waals surface area contributed by atoms with Crippen LogP contribution in [0.25, 0.3) is 0 Å². The quantitative estimate of drug-likeness (QED) is 0.0373. The summed E-state index contributed by atoms with van der Waals surface area (Å²) < 4.78 is 5.59. The molecule has 1 aliphatic rings. The smallest absolute Gasteiger partial charge is 0.303 e. The predicted molar refractivity (Wildman–Crippen MR) is 417 cm³/mol. The van der Waals surface area contributed by atoms with E-state index < -0.39 is 337 Å². The first-order valence-corrected chi connectivity index (χ1v) is 40.9. The van der Waals surface area contributed by atoms with Crippen molar-refractivity contribution >= 4 is 147 Å². The Morgan fingerprint density at radius 1 is 0.412 bits per heavy atom. The molecule has 17 N–H and O–H groups in total. The summed E-state index contributed by atoms with van der Waals surface area (Å²) in [5.41, 5.74) is 5.82. The summed E-state index contributed by atoms with van der Waals surface area (Å²) >= 11 is 1.30. The number of carboxylic acids is 8. The largest absolute Gasteiger partial charge is 0.481 e. The first-order valence-electron chi connectivity index (χ1n) is 39.5. The van der Waals surface area contributed by atoms with E-state index in [1.54, 1.807) is 20.1 Å². The molecule has 0 radical (unpaired) electrons. The van der Waals surface area contributed by atoms with Crippen LogP contribution in [0.2, 0.25) is 0 Å². The molecule has 0 spiro atoms. The van der Waals surface area contributed by atoms with Crippen LogP contribution in [-0.2, 0) is 115 Å². The number of amides is 8. The van der Waals surface area contributed by atoms with Crippen LogP contribution >= 0.6 is 11.8 Å². The number of likely N-dealkylation sites (tertiary alicyclic amines) is 1. The lowest BCUT2D eigenvalue weighted by molar-refractivity contribution is -0.142. The van der Waals surface area contributed by atoms with E-state index in [1.165, 1.54) is 23.6 Å². The van der Waals surface area contributed by atoms with Crippen molar-refractivity contribution in [1.82, 2.24) is 42.1 Å². The Morgan fingerprint density at radius 3 is 1.18 bits per heavy atom. The minimum atomic E-state index is -1.85. The summed E-state index contributed by atoms with van der Waals surface area (Å²) in [5.74, 6) is -31.3. The molecule has 1 heterocycles. The highest BCUT2D eigenvalue weighted by Crippen LogP contribution is 2.25. The van der Waals surface area contributed by atoms with Gasteiger partial charge in [0, 0.05) is 158 Å². The summed E-state index contributed by atoms with van der Waals surface area (Å²) in [6, 6.07) is -11.5. The van der Waals surface area contributed by atoms with E-state index >= 15 is 0 Å². The molecular weight excluding hydrogens is 1590 g/mol. The molecule has 42 heteroatoms. The van der Waals surface area contributed by atoms with Crippen molar-refractivity contribution in [3.8, 4) is 0 Å². The van der Waals surface area contributed by atoms with Gasteiger partial charge in [0.1, 0.15) is 18.4 Å². The van der Waals surface area contributed by atoms with Gasteiger partial charge in [-0.05, 0) is 103 Å². The zero-order chi connectivity index (χ0) is 90.3. The number of nitrogens with zero attached hydrogens (tertiary/aromatic N) is 1. The van der Waals surface area contributed by atoms with E-state index in [1.807, 2.05) is 13.8 Å². The Balaban J connectivity index is 3.39. The van der Waals surface area contributed by atoms with Crippen LogP contribution in [0.1, 0.15) is 221 Å². The summed E-state index contributed by atoms with van der Waals surface area (Å²) in [6.45, 7) is 7.95. The lowest BCUT2D eigenvalue weighted by atomic mass is 9.89. The van der Waals surface area contributed by atoms with Crippen LogP contribution in [0.3, 0.4) is 0 Å². The molecule has 0 unspecified atom stereocenters. The van der Waals surface area contributed by atoms with Gasteiger partial charge < -0.3 is 93.4 Å². The van der Waals surface area contributed by atoms with E-state index in [-0.39, 0.29) is 87.9 Å². The molecule has 1 rings (SSSR count). The number of Topliss-reactive ketones (excluding diaryl/α,β-unsaturated/α-hetero) is 7. The second-order valence-electron chi connectivity index (χ2n) is 29.8. The van der Waals surface area contributed by atoms with E-state index in [0.29, 0.717) is 13.0 Å². The first kappa shape index (κ1) is 106. The van der Waals surface area contributed by atoms with Gasteiger partial charge in [-0.25, -0.2) is 0 Å². The molecular formula is C77H117N9O32S. The first-order chi connectivity index (χ1) is 55.8. The lowest BCUT2D eigenvalue weighted by Crippen LogP contribution is -2.52. The fraction of sp³-hybridized carbons (Fsp3) is 0.701. The van der Waals surface area contributed by atoms with Gasteiger partial charge in [-0.3, -0.25) is 110 Å². The summed E-state index contributed by atoms with van der Waals surface area (Å²) in [6.07, 6.45) is -13.6. The average Bonchev–Trinajstić information content (AvgIpc) is 1.75. The van der Waals surface area contributed by atoms with Gasteiger partial charge >= 0.3 is 47.8 Å². The minimum Gasteiger partial charge on any atom is -0.481 e. The molecule has 0 aromatic carbocycles. The number of ether oxygens (including phenoxy) is 1. The molecule has 0 bridgehead atoms. The number of ketones is 7. The molecule has 41 nitrogen and oxygen atoms in total. The molecule has 668 valence electrons. The average molecular weight is 1710 g/mol. The van der Waals surface area contributed by atoms with Crippen molar-refractivity contribution in [2.24, 2.45) is 41.2 Å². The number of aliphatic carboxylic acids is 8. The molecule has 0 saturated carbocycles. The van der Waals surface area contributed by atoms with Crippen molar-refractivity contribution in [3.63, 3.8) is 0 Å². The van der Waals surface area contributed by atoms with Crippen LogP contribution in [0.5, 0.6) is 0 Å². The van der Waals surface area contributed by atoms with Crippen molar-refractivity contribution in [2.45, 2.75) is 269 Å². The SMILES string of the molecule is CCNC(=O)[C@H](C)CC(=O)[C@H](CSC)NC(=O)CCC(=O)[C@H](CC(C)C)NC(=O)[C@@H]1CCCN1C(=O)COCCCC(=O)[C@@H](CCC(=O)O)NC(=O)[C@@H](CCC(=O)O)CC(=O)[C@@H](CCC(=O)O)NC(=O)[C@@H](CC)CC(=O)[C@@H](CCC(=O)O)NC(=O)[C@@H](CCC(=O)O)CC(=O)[C@@H](CCC(=O)O)NC(=O)[C@@H](CCC(=O)O)CC(=O)[C@H](N)CCC(=O)O. The molecule has 1 saturated heterocycles. The highest BCUT2D eigenvalue weighted by Gasteiger charge is 2.40.